The van der Waals surface area contributed by atoms with Crippen LogP contribution in [0.4, 0.5) is 0 Å². The highest BCUT2D eigenvalue weighted by Crippen LogP contribution is 2.28. The molecule has 3 heteroatoms. The predicted molar refractivity (Wildman–Crippen MR) is 74.1 cm³/mol. The first-order chi connectivity index (χ1) is 7.72. The second kappa shape index (κ2) is 5.13. The molecule has 0 fully saturated rings. The van der Waals surface area contributed by atoms with Crippen molar-refractivity contribution in [3.63, 3.8) is 0 Å². The molecule has 0 spiro atoms. The third-order valence-electron chi connectivity index (χ3n) is 2.63. The molecule has 0 aliphatic carbocycles. The van der Waals surface area contributed by atoms with E-state index in [0.29, 0.717) is 6.04 Å². The summed E-state index contributed by atoms with van der Waals surface area (Å²) >= 11 is 5.32. The standard InChI is InChI=1S/C13H14BrNS/c1-9-8-10(5-6-11(9)14)13(15-2)12-4-3-7-16-12/h3-8,13,15H,1-2H3. The zero-order valence-corrected chi connectivity index (χ0v) is 11.7. The minimum absolute atomic E-state index is 0.298. The van der Waals surface area contributed by atoms with Crippen LogP contribution in [-0.4, -0.2) is 7.05 Å². The first-order valence-corrected chi connectivity index (χ1v) is 6.86. The van der Waals surface area contributed by atoms with Crippen molar-refractivity contribution in [1.82, 2.24) is 5.32 Å². The number of rotatable bonds is 3. The van der Waals surface area contributed by atoms with E-state index >= 15 is 0 Å². The number of benzene rings is 1. The summed E-state index contributed by atoms with van der Waals surface area (Å²) in [7, 11) is 2.00. The summed E-state index contributed by atoms with van der Waals surface area (Å²) in [5.74, 6) is 0. The van der Waals surface area contributed by atoms with Crippen molar-refractivity contribution in [3.8, 4) is 0 Å². The summed E-state index contributed by atoms with van der Waals surface area (Å²) in [5.41, 5.74) is 2.58. The van der Waals surface area contributed by atoms with Crippen LogP contribution in [0.25, 0.3) is 0 Å². The normalized spacial score (nSPS) is 12.7. The molecule has 16 heavy (non-hydrogen) atoms. The van der Waals surface area contributed by atoms with Gasteiger partial charge < -0.3 is 5.32 Å². The molecule has 0 radical (unpaired) electrons. The lowest BCUT2D eigenvalue weighted by atomic mass is 10.0. The Hall–Kier alpha value is -0.640. The van der Waals surface area contributed by atoms with Crippen LogP contribution in [-0.2, 0) is 0 Å². The smallest absolute Gasteiger partial charge is 0.0668 e. The molecule has 0 bridgehead atoms. The third-order valence-corrected chi connectivity index (χ3v) is 4.46. The van der Waals surface area contributed by atoms with Gasteiger partial charge in [-0.3, -0.25) is 0 Å². The minimum Gasteiger partial charge on any atom is -0.309 e. The van der Waals surface area contributed by atoms with Crippen molar-refractivity contribution < 1.29 is 0 Å². The van der Waals surface area contributed by atoms with Crippen LogP contribution in [0.5, 0.6) is 0 Å². The van der Waals surface area contributed by atoms with Gasteiger partial charge in [-0.05, 0) is 42.6 Å². The van der Waals surface area contributed by atoms with Gasteiger partial charge in [-0.2, -0.15) is 0 Å². The van der Waals surface area contributed by atoms with Crippen molar-refractivity contribution in [3.05, 3.63) is 56.2 Å². The number of thiophene rings is 1. The topological polar surface area (TPSA) is 12.0 Å². The quantitative estimate of drug-likeness (QED) is 0.898. The van der Waals surface area contributed by atoms with Gasteiger partial charge in [0.25, 0.3) is 0 Å². The molecule has 84 valence electrons. The van der Waals surface area contributed by atoms with E-state index < -0.39 is 0 Å². The van der Waals surface area contributed by atoms with E-state index in [9.17, 15) is 0 Å². The molecule has 2 rings (SSSR count). The van der Waals surface area contributed by atoms with Crippen molar-refractivity contribution in [2.24, 2.45) is 0 Å². The zero-order valence-electron chi connectivity index (χ0n) is 9.33. The molecule has 0 amide bonds. The van der Waals surface area contributed by atoms with E-state index in [1.807, 2.05) is 7.05 Å². The Balaban J connectivity index is 2.37. The lowest BCUT2D eigenvalue weighted by molar-refractivity contribution is 0.703. The summed E-state index contributed by atoms with van der Waals surface area (Å²) in [6.45, 7) is 2.12. The minimum atomic E-state index is 0.298. The number of hydrogen-bond donors (Lipinski definition) is 1. The molecule has 1 nitrogen and oxygen atoms in total. The van der Waals surface area contributed by atoms with Gasteiger partial charge in [0.1, 0.15) is 0 Å². The summed E-state index contributed by atoms with van der Waals surface area (Å²) < 4.78 is 1.16. The molecule has 1 aromatic carbocycles. The van der Waals surface area contributed by atoms with Gasteiger partial charge >= 0.3 is 0 Å². The highest BCUT2D eigenvalue weighted by molar-refractivity contribution is 9.10. The van der Waals surface area contributed by atoms with Gasteiger partial charge in [0.05, 0.1) is 6.04 Å². The average Bonchev–Trinajstić information content (AvgIpc) is 2.78. The molecule has 0 saturated heterocycles. The molecule has 2 aromatic rings. The van der Waals surface area contributed by atoms with Crippen LogP contribution in [0.1, 0.15) is 22.0 Å². The van der Waals surface area contributed by atoms with E-state index in [4.69, 9.17) is 0 Å². The first kappa shape index (κ1) is 11.8. The Morgan fingerprint density at radius 2 is 2.12 bits per heavy atom. The summed E-state index contributed by atoms with van der Waals surface area (Å²) in [5, 5.41) is 5.48. The Kier molecular flexibility index (Phi) is 3.79. The Morgan fingerprint density at radius 1 is 1.31 bits per heavy atom. The van der Waals surface area contributed by atoms with Crippen LogP contribution in [0, 0.1) is 6.92 Å². The zero-order chi connectivity index (χ0) is 11.5. The van der Waals surface area contributed by atoms with Gasteiger partial charge in [0.2, 0.25) is 0 Å². The van der Waals surface area contributed by atoms with Crippen LogP contribution in [0.2, 0.25) is 0 Å². The maximum absolute atomic E-state index is 3.53. The van der Waals surface area contributed by atoms with Crippen molar-refractivity contribution >= 4 is 27.3 Å². The SMILES string of the molecule is CNC(c1ccc(Br)c(C)c1)c1cccs1. The van der Waals surface area contributed by atoms with Gasteiger partial charge in [0, 0.05) is 9.35 Å². The van der Waals surface area contributed by atoms with E-state index in [1.165, 1.54) is 16.0 Å². The maximum atomic E-state index is 3.53. The fourth-order valence-corrected chi connectivity index (χ4v) is 2.88. The second-order valence-electron chi connectivity index (χ2n) is 3.75. The van der Waals surface area contributed by atoms with Gasteiger partial charge in [0.15, 0.2) is 0 Å². The van der Waals surface area contributed by atoms with E-state index in [2.05, 4.69) is 63.9 Å². The van der Waals surface area contributed by atoms with Crippen molar-refractivity contribution in [2.75, 3.05) is 7.05 Å². The fourth-order valence-electron chi connectivity index (χ4n) is 1.78. The second-order valence-corrected chi connectivity index (χ2v) is 5.58. The highest BCUT2D eigenvalue weighted by Gasteiger charge is 2.13. The first-order valence-electron chi connectivity index (χ1n) is 5.19. The van der Waals surface area contributed by atoms with Gasteiger partial charge in [-0.1, -0.05) is 34.1 Å². The molecule has 1 N–H and O–H groups in total. The molecule has 1 atom stereocenters. The molecule has 0 saturated carbocycles. The van der Waals surface area contributed by atoms with Crippen LogP contribution in [0.3, 0.4) is 0 Å². The molecule has 1 heterocycles. The molecule has 1 aromatic heterocycles. The lowest BCUT2D eigenvalue weighted by Gasteiger charge is -2.16. The molecule has 0 aliphatic rings. The predicted octanol–water partition coefficient (Wildman–Crippen LogP) is 4.13. The molecule has 1 unspecified atom stereocenters. The monoisotopic (exact) mass is 295 g/mol. The highest BCUT2D eigenvalue weighted by atomic mass is 79.9. The van der Waals surface area contributed by atoms with Crippen molar-refractivity contribution in [2.45, 2.75) is 13.0 Å². The maximum Gasteiger partial charge on any atom is 0.0668 e. The van der Waals surface area contributed by atoms with Crippen LogP contribution >= 0.6 is 27.3 Å². The Bertz CT molecular complexity index is 465. The average molecular weight is 296 g/mol. The largest absolute Gasteiger partial charge is 0.309 e. The van der Waals surface area contributed by atoms with E-state index in [-0.39, 0.29) is 0 Å². The molecule has 0 aliphatic heterocycles. The number of hydrogen-bond acceptors (Lipinski definition) is 2. The number of halogens is 1. The van der Waals surface area contributed by atoms with Gasteiger partial charge in [-0.25, -0.2) is 0 Å². The summed E-state index contributed by atoms with van der Waals surface area (Å²) in [6, 6.07) is 11.1. The van der Waals surface area contributed by atoms with Crippen LogP contribution < -0.4 is 5.32 Å². The van der Waals surface area contributed by atoms with Gasteiger partial charge in [-0.15, -0.1) is 11.3 Å². The summed E-state index contributed by atoms with van der Waals surface area (Å²) in [6.07, 6.45) is 0. The number of aryl methyl sites for hydroxylation is 1. The fraction of sp³-hybridized carbons (Fsp3) is 0.231. The molecular formula is C13H14BrNS. The van der Waals surface area contributed by atoms with Crippen LogP contribution in [0.15, 0.2) is 40.2 Å². The number of nitrogens with one attached hydrogen (secondary N) is 1. The summed E-state index contributed by atoms with van der Waals surface area (Å²) in [4.78, 5) is 1.35. The van der Waals surface area contributed by atoms with E-state index in [1.54, 1.807) is 11.3 Å². The van der Waals surface area contributed by atoms with E-state index in [0.717, 1.165) is 4.47 Å². The molecular weight excluding hydrogens is 282 g/mol. The Morgan fingerprint density at radius 3 is 2.69 bits per heavy atom. The lowest BCUT2D eigenvalue weighted by Crippen LogP contribution is -2.16. The Labute approximate surface area is 109 Å². The third kappa shape index (κ3) is 2.37. The van der Waals surface area contributed by atoms with Crippen molar-refractivity contribution in [1.29, 1.82) is 0 Å².